The molecule has 1 unspecified atom stereocenters. The minimum Gasteiger partial charge on any atom is -0.310 e. The van der Waals surface area contributed by atoms with Crippen molar-refractivity contribution in [2.24, 2.45) is 0 Å². The number of aryl methyl sites for hydroxylation is 2. The second-order valence-electron chi connectivity index (χ2n) is 4.92. The highest BCUT2D eigenvalue weighted by Crippen LogP contribution is 2.23. The second kappa shape index (κ2) is 7.45. The average Bonchev–Trinajstić information content (AvgIpc) is 2.96. The number of hydrogen-bond donors (Lipinski definition) is 1. The summed E-state index contributed by atoms with van der Waals surface area (Å²) in [7, 11) is 0. The Hall–Kier alpha value is -1.33. The second-order valence-corrected chi connectivity index (χ2v) is 5.89. The van der Waals surface area contributed by atoms with Gasteiger partial charge in [-0.3, -0.25) is 4.98 Å². The van der Waals surface area contributed by atoms with E-state index >= 15 is 0 Å². The highest BCUT2D eigenvalue weighted by atomic mass is 32.1. The molecule has 0 aliphatic rings. The van der Waals surface area contributed by atoms with E-state index in [4.69, 9.17) is 0 Å². The molecule has 0 saturated heterocycles. The summed E-state index contributed by atoms with van der Waals surface area (Å²) >= 11 is 1.71. The molecule has 1 atom stereocenters. The van der Waals surface area contributed by atoms with E-state index in [0.717, 1.165) is 37.2 Å². The lowest BCUT2D eigenvalue weighted by atomic mass is 10.00. The van der Waals surface area contributed by atoms with Gasteiger partial charge >= 0.3 is 0 Å². The maximum atomic E-state index is 4.35. The number of aromatic nitrogens is 3. The van der Waals surface area contributed by atoms with Crippen LogP contribution in [-0.4, -0.2) is 21.7 Å². The van der Waals surface area contributed by atoms with E-state index in [9.17, 15) is 0 Å². The molecule has 2 aromatic heterocycles. The van der Waals surface area contributed by atoms with Gasteiger partial charge < -0.3 is 5.32 Å². The van der Waals surface area contributed by atoms with Crippen LogP contribution in [0, 0.1) is 6.92 Å². The number of rotatable bonds is 7. The normalized spacial score (nSPS) is 12.6. The van der Waals surface area contributed by atoms with E-state index in [1.54, 1.807) is 11.3 Å². The quantitative estimate of drug-likeness (QED) is 0.851. The van der Waals surface area contributed by atoms with Gasteiger partial charge in [0.2, 0.25) is 0 Å². The summed E-state index contributed by atoms with van der Waals surface area (Å²) in [5.74, 6) is 0. The summed E-state index contributed by atoms with van der Waals surface area (Å²) in [5, 5.41) is 12.2. The fourth-order valence-corrected chi connectivity index (χ4v) is 2.91. The van der Waals surface area contributed by atoms with Crippen molar-refractivity contribution >= 4 is 11.3 Å². The number of nitrogens with zero attached hydrogens (tertiary/aromatic N) is 3. The lowest BCUT2D eigenvalue weighted by Crippen LogP contribution is -2.25. The molecule has 0 amide bonds. The van der Waals surface area contributed by atoms with Crippen molar-refractivity contribution in [1.82, 2.24) is 20.5 Å². The summed E-state index contributed by atoms with van der Waals surface area (Å²) in [6.07, 6.45) is 4.95. The molecule has 1 N–H and O–H groups in total. The van der Waals surface area contributed by atoms with E-state index in [2.05, 4.69) is 40.4 Å². The summed E-state index contributed by atoms with van der Waals surface area (Å²) in [6, 6.07) is 2.46. The molecule has 0 saturated carbocycles. The number of hydrogen-bond acceptors (Lipinski definition) is 5. The van der Waals surface area contributed by atoms with E-state index in [1.165, 1.54) is 10.4 Å². The van der Waals surface area contributed by atoms with Crippen LogP contribution in [-0.2, 0) is 12.8 Å². The monoisotopic (exact) mass is 290 g/mol. The van der Waals surface area contributed by atoms with Crippen molar-refractivity contribution in [2.45, 2.75) is 46.1 Å². The van der Waals surface area contributed by atoms with Crippen molar-refractivity contribution < 1.29 is 0 Å². The fraction of sp³-hybridized carbons (Fsp3) is 0.533. The molecule has 5 heteroatoms. The predicted octanol–water partition coefficient (Wildman–Crippen LogP) is 3.09. The molecule has 0 spiro atoms. The van der Waals surface area contributed by atoms with Crippen LogP contribution < -0.4 is 5.32 Å². The maximum Gasteiger partial charge on any atom is 0.0794 e. The standard InChI is InChI=1S/C15H22N4S/c1-4-6-17-15(8-12-9-16-10-20-12)13-7-11(3)18-19-14(13)5-2/h7,9-10,15,17H,4-6,8H2,1-3H3. The van der Waals surface area contributed by atoms with Crippen LogP contribution in [0.5, 0.6) is 0 Å². The van der Waals surface area contributed by atoms with E-state index < -0.39 is 0 Å². The van der Waals surface area contributed by atoms with Crippen LogP contribution in [0.25, 0.3) is 0 Å². The minimum atomic E-state index is 0.291. The number of thiazole rings is 1. The molecule has 0 aliphatic heterocycles. The van der Waals surface area contributed by atoms with Gasteiger partial charge in [-0.05, 0) is 37.9 Å². The molecule has 4 nitrogen and oxygen atoms in total. The third-order valence-electron chi connectivity index (χ3n) is 3.27. The smallest absolute Gasteiger partial charge is 0.0794 e. The first-order chi connectivity index (χ1) is 9.74. The molecular formula is C15H22N4S. The zero-order valence-electron chi connectivity index (χ0n) is 12.4. The average molecular weight is 290 g/mol. The van der Waals surface area contributed by atoms with Gasteiger partial charge in [0.05, 0.1) is 16.9 Å². The Morgan fingerprint density at radius 3 is 2.80 bits per heavy atom. The molecule has 0 fully saturated rings. The molecule has 2 rings (SSSR count). The summed E-state index contributed by atoms with van der Waals surface area (Å²) in [6.45, 7) is 7.33. The van der Waals surface area contributed by atoms with Gasteiger partial charge in [0, 0.05) is 23.5 Å². The van der Waals surface area contributed by atoms with Gasteiger partial charge in [0.1, 0.15) is 0 Å². The van der Waals surface area contributed by atoms with Crippen LogP contribution in [0.15, 0.2) is 17.8 Å². The van der Waals surface area contributed by atoms with Gasteiger partial charge in [-0.15, -0.1) is 11.3 Å². The van der Waals surface area contributed by atoms with Crippen molar-refractivity contribution in [1.29, 1.82) is 0 Å². The Labute approximate surface area is 124 Å². The van der Waals surface area contributed by atoms with Gasteiger partial charge in [0.15, 0.2) is 0 Å². The molecule has 0 bridgehead atoms. The minimum absolute atomic E-state index is 0.291. The summed E-state index contributed by atoms with van der Waals surface area (Å²) < 4.78 is 0. The molecular weight excluding hydrogens is 268 g/mol. The van der Waals surface area contributed by atoms with Crippen LogP contribution in [0.4, 0.5) is 0 Å². The fourth-order valence-electron chi connectivity index (χ4n) is 2.27. The SMILES string of the molecule is CCCNC(Cc1cncs1)c1cc(C)nnc1CC. The molecule has 2 aromatic rings. The van der Waals surface area contributed by atoms with Crippen LogP contribution in [0.3, 0.4) is 0 Å². The van der Waals surface area contributed by atoms with Crippen LogP contribution >= 0.6 is 11.3 Å². The van der Waals surface area contributed by atoms with Crippen LogP contribution in [0.2, 0.25) is 0 Å². The first-order valence-electron chi connectivity index (χ1n) is 7.18. The molecule has 0 aromatic carbocycles. The topological polar surface area (TPSA) is 50.7 Å². The van der Waals surface area contributed by atoms with Gasteiger partial charge in [0.25, 0.3) is 0 Å². The highest BCUT2D eigenvalue weighted by molar-refractivity contribution is 7.09. The summed E-state index contributed by atoms with van der Waals surface area (Å²) in [5.41, 5.74) is 5.24. The van der Waals surface area contributed by atoms with E-state index in [0.29, 0.717) is 6.04 Å². The Bertz CT molecular complexity index is 525. The zero-order chi connectivity index (χ0) is 14.4. The maximum absolute atomic E-state index is 4.35. The predicted molar refractivity (Wildman–Crippen MR) is 83.0 cm³/mol. The van der Waals surface area contributed by atoms with E-state index in [1.807, 2.05) is 18.6 Å². The largest absolute Gasteiger partial charge is 0.310 e. The van der Waals surface area contributed by atoms with Gasteiger partial charge in [-0.25, -0.2) is 0 Å². The third kappa shape index (κ3) is 3.84. The molecule has 0 aliphatic carbocycles. The summed E-state index contributed by atoms with van der Waals surface area (Å²) in [4.78, 5) is 5.47. The van der Waals surface area contributed by atoms with Crippen molar-refractivity contribution in [2.75, 3.05) is 6.54 Å². The van der Waals surface area contributed by atoms with Crippen molar-refractivity contribution in [3.8, 4) is 0 Å². The Kier molecular flexibility index (Phi) is 5.61. The first-order valence-corrected chi connectivity index (χ1v) is 8.06. The third-order valence-corrected chi connectivity index (χ3v) is 4.07. The lowest BCUT2D eigenvalue weighted by molar-refractivity contribution is 0.523. The number of nitrogens with one attached hydrogen (secondary N) is 1. The molecule has 20 heavy (non-hydrogen) atoms. The first kappa shape index (κ1) is 15.1. The lowest BCUT2D eigenvalue weighted by Gasteiger charge is -2.20. The molecule has 108 valence electrons. The Morgan fingerprint density at radius 1 is 1.30 bits per heavy atom. The Balaban J connectivity index is 2.27. The Morgan fingerprint density at radius 2 is 2.15 bits per heavy atom. The highest BCUT2D eigenvalue weighted by Gasteiger charge is 2.17. The van der Waals surface area contributed by atoms with Gasteiger partial charge in [-0.1, -0.05) is 13.8 Å². The van der Waals surface area contributed by atoms with Crippen LogP contribution in [0.1, 0.15) is 48.1 Å². The van der Waals surface area contributed by atoms with Crippen molar-refractivity contribution in [3.63, 3.8) is 0 Å². The molecule has 0 radical (unpaired) electrons. The van der Waals surface area contributed by atoms with Crippen molar-refractivity contribution in [3.05, 3.63) is 39.6 Å². The van der Waals surface area contributed by atoms with Gasteiger partial charge in [-0.2, -0.15) is 10.2 Å². The molecule has 2 heterocycles. The van der Waals surface area contributed by atoms with E-state index in [-0.39, 0.29) is 0 Å². The zero-order valence-corrected chi connectivity index (χ0v) is 13.2.